The zero-order valence-corrected chi connectivity index (χ0v) is 18.8. The molecule has 3 aromatic heterocycles. The maximum absolute atomic E-state index is 12.3. The van der Waals surface area contributed by atoms with E-state index in [2.05, 4.69) is 59.7 Å². The zero-order valence-electron chi connectivity index (χ0n) is 18.8. The summed E-state index contributed by atoms with van der Waals surface area (Å²) in [5.41, 5.74) is 7.24. The van der Waals surface area contributed by atoms with Crippen molar-refractivity contribution in [2.45, 2.75) is 33.1 Å². The number of carbonyl (C=O) groups is 1. The van der Waals surface area contributed by atoms with E-state index in [0.29, 0.717) is 19.4 Å². The predicted octanol–water partition coefficient (Wildman–Crippen LogP) is 3.95. The van der Waals surface area contributed by atoms with Crippen molar-refractivity contribution in [3.8, 4) is 11.3 Å². The van der Waals surface area contributed by atoms with Gasteiger partial charge in [-0.3, -0.25) is 9.20 Å². The third-order valence-electron chi connectivity index (χ3n) is 5.91. The number of aryl methyl sites for hydroxylation is 3. The Morgan fingerprint density at radius 3 is 2.67 bits per heavy atom. The lowest BCUT2D eigenvalue weighted by atomic mass is 10.0. The first-order valence-corrected chi connectivity index (χ1v) is 11.2. The Labute approximate surface area is 192 Å². The highest BCUT2D eigenvalue weighted by Gasteiger charge is 2.14. The molecule has 1 amide bonds. The molecule has 5 rings (SSSR count). The van der Waals surface area contributed by atoms with Crippen molar-refractivity contribution in [2.75, 3.05) is 6.54 Å². The van der Waals surface area contributed by atoms with Crippen molar-refractivity contribution in [1.82, 2.24) is 29.5 Å². The number of amides is 1. The molecule has 33 heavy (non-hydrogen) atoms. The number of carbonyl (C=O) groups excluding carboxylic acids is 1. The monoisotopic (exact) mass is 438 g/mol. The number of aromatic nitrogens is 5. The summed E-state index contributed by atoms with van der Waals surface area (Å²) in [6, 6.07) is 18.6. The summed E-state index contributed by atoms with van der Waals surface area (Å²) in [4.78, 5) is 12.3. The van der Waals surface area contributed by atoms with Crippen molar-refractivity contribution in [3.63, 3.8) is 0 Å². The van der Waals surface area contributed by atoms with Crippen LogP contribution in [-0.2, 0) is 17.6 Å². The summed E-state index contributed by atoms with van der Waals surface area (Å²) >= 11 is 0. The van der Waals surface area contributed by atoms with Crippen molar-refractivity contribution in [1.29, 1.82) is 0 Å². The fourth-order valence-corrected chi connectivity index (χ4v) is 4.08. The third kappa shape index (κ3) is 4.35. The Balaban J connectivity index is 1.30. The molecule has 7 heteroatoms. The lowest BCUT2D eigenvalue weighted by Crippen LogP contribution is -2.26. The van der Waals surface area contributed by atoms with E-state index in [1.54, 1.807) is 0 Å². The number of nitrogens with one attached hydrogen (secondary N) is 1. The summed E-state index contributed by atoms with van der Waals surface area (Å²) in [5.74, 6) is 0.783. The first-order chi connectivity index (χ1) is 16.1. The van der Waals surface area contributed by atoms with Gasteiger partial charge in [-0.05, 0) is 43.5 Å². The summed E-state index contributed by atoms with van der Waals surface area (Å²) in [6.45, 7) is 4.80. The van der Waals surface area contributed by atoms with E-state index in [4.69, 9.17) is 5.10 Å². The molecule has 0 aliphatic heterocycles. The van der Waals surface area contributed by atoms with E-state index >= 15 is 0 Å². The molecule has 0 saturated carbocycles. The molecule has 166 valence electrons. The first-order valence-electron chi connectivity index (χ1n) is 11.2. The van der Waals surface area contributed by atoms with Crippen LogP contribution in [0.1, 0.15) is 28.9 Å². The summed E-state index contributed by atoms with van der Waals surface area (Å²) in [5, 5.41) is 16.5. The lowest BCUT2D eigenvalue weighted by Gasteiger charge is -2.05. The fraction of sp³-hybridized carbons (Fsp3) is 0.231. The van der Waals surface area contributed by atoms with Crippen molar-refractivity contribution >= 4 is 17.1 Å². The molecule has 0 aliphatic rings. The lowest BCUT2D eigenvalue weighted by molar-refractivity contribution is -0.121. The van der Waals surface area contributed by atoms with Crippen LogP contribution in [-0.4, -0.2) is 36.7 Å². The topological polar surface area (TPSA) is 76.6 Å². The summed E-state index contributed by atoms with van der Waals surface area (Å²) in [6.07, 6.45) is 5.53. The zero-order chi connectivity index (χ0) is 22.8. The average molecular weight is 439 g/mol. The van der Waals surface area contributed by atoms with Crippen LogP contribution in [0.5, 0.6) is 0 Å². The van der Waals surface area contributed by atoms with E-state index in [-0.39, 0.29) is 5.91 Å². The second-order valence-electron chi connectivity index (χ2n) is 8.37. The molecule has 7 nitrogen and oxygen atoms in total. The second kappa shape index (κ2) is 8.86. The Kier molecular flexibility index (Phi) is 5.60. The Morgan fingerprint density at radius 2 is 1.82 bits per heavy atom. The van der Waals surface area contributed by atoms with Crippen molar-refractivity contribution < 1.29 is 4.79 Å². The first kappa shape index (κ1) is 20.9. The maximum Gasteiger partial charge on any atom is 0.220 e. The number of benzene rings is 2. The van der Waals surface area contributed by atoms with Gasteiger partial charge in [-0.2, -0.15) is 5.10 Å². The average Bonchev–Trinajstić information content (AvgIpc) is 3.44. The number of hydrogen-bond acceptors (Lipinski definition) is 4. The highest BCUT2D eigenvalue weighted by molar-refractivity contribution is 5.78. The van der Waals surface area contributed by atoms with Gasteiger partial charge in [-0.1, -0.05) is 48.0 Å². The number of hydrogen-bond donors (Lipinski definition) is 1. The number of rotatable bonds is 7. The molecular formula is C26H26N6O. The van der Waals surface area contributed by atoms with E-state index in [1.165, 1.54) is 16.7 Å². The largest absolute Gasteiger partial charge is 0.356 e. The molecule has 0 spiro atoms. The van der Waals surface area contributed by atoms with Crippen LogP contribution >= 0.6 is 0 Å². The highest BCUT2D eigenvalue weighted by Crippen LogP contribution is 2.26. The van der Waals surface area contributed by atoms with E-state index in [0.717, 1.165) is 34.7 Å². The quantitative estimate of drug-likeness (QED) is 0.417. The summed E-state index contributed by atoms with van der Waals surface area (Å²) < 4.78 is 3.78. The van der Waals surface area contributed by atoms with Crippen LogP contribution in [0.4, 0.5) is 0 Å². The molecule has 0 radical (unpaired) electrons. The number of nitrogens with zero attached hydrogens (tertiary/aromatic N) is 5. The van der Waals surface area contributed by atoms with Gasteiger partial charge in [0.05, 0.1) is 5.69 Å². The van der Waals surface area contributed by atoms with Gasteiger partial charge in [0.15, 0.2) is 5.65 Å². The maximum atomic E-state index is 12.3. The molecule has 3 heterocycles. The van der Waals surface area contributed by atoms with Gasteiger partial charge >= 0.3 is 0 Å². The molecule has 5 aromatic rings. The van der Waals surface area contributed by atoms with Gasteiger partial charge in [0.1, 0.15) is 11.3 Å². The van der Waals surface area contributed by atoms with Gasteiger partial charge < -0.3 is 5.32 Å². The van der Waals surface area contributed by atoms with E-state index in [9.17, 15) is 4.79 Å². The standard InChI is InChI=1S/C26H26N6O/c1-18-8-9-19(2)21(16-18)22-17-23-26-29-28-24(31(26)14-15-32(23)30-22)10-11-25(33)27-13-12-20-6-4-3-5-7-20/h3-9,14-17H,10-13H2,1-2H3,(H,27,33). The Morgan fingerprint density at radius 1 is 0.970 bits per heavy atom. The third-order valence-corrected chi connectivity index (χ3v) is 5.91. The van der Waals surface area contributed by atoms with Crippen molar-refractivity contribution in [2.24, 2.45) is 0 Å². The Hall–Kier alpha value is -4.00. The predicted molar refractivity (Wildman–Crippen MR) is 128 cm³/mol. The smallest absolute Gasteiger partial charge is 0.220 e. The molecule has 0 aliphatic carbocycles. The molecular weight excluding hydrogens is 412 g/mol. The van der Waals surface area contributed by atoms with Crippen LogP contribution in [0.15, 0.2) is 67.0 Å². The Bertz CT molecular complexity index is 1430. The van der Waals surface area contributed by atoms with E-state index in [1.807, 2.05) is 45.6 Å². The van der Waals surface area contributed by atoms with Gasteiger partial charge in [0.25, 0.3) is 0 Å². The SMILES string of the molecule is Cc1ccc(C)c(-c2cc3c4nnc(CCC(=O)NCCc5ccccc5)n4ccn3n2)c1. The van der Waals surface area contributed by atoms with Crippen LogP contribution in [0.2, 0.25) is 0 Å². The van der Waals surface area contributed by atoms with Crippen LogP contribution in [0.25, 0.3) is 22.4 Å². The summed E-state index contributed by atoms with van der Waals surface area (Å²) in [7, 11) is 0. The molecule has 0 bridgehead atoms. The minimum Gasteiger partial charge on any atom is -0.356 e. The van der Waals surface area contributed by atoms with Crippen LogP contribution < -0.4 is 5.32 Å². The number of fused-ring (bicyclic) bond motifs is 3. The normalized spacial score (nSPS) is 11.3. The van der Waals surface area contributed by atoms with Gasteiger partial charge in [0.2, 0.25) is 5.91 Å². The van der Waals surface area contributed by atoms with Crippen molar-refractivity contribution in [3.05, 3.63) is 89.5 Å². The highest BCUT2D eigenvalue weighted by atomic mass is 16.1. The van der Waals surface area contributed by atoms with Gasteiger partial charge in [-0.25, -0.2) is 4.52 Å². The van der Waals surface area contributed by atoms with Gasteiger partial charge in [-0.15, -0.1) is 10.2 Å². The van der Waals surface area contributed by atoms with Gasteiger partial charge in [0, 0.05) is 37.3 Å². The van der Waals surface area contributed by atoms with Crippen LogP contribution in [0.3, 0.4) is 0 Å². The minimum atomic E-state index is 0.0188. The minimum absolute atomic E-state index is 0.0188. The molecule has 2 aromatic carbocycles. The van der Waals surface area contributed by atoms with E-state index < -0.39 is 0 Å². The molecule has 0 saturated heterocycles. The molecule has 0 atom stereocenters. The molecule has 0 fully saturated rings. The fourth-order valence-electron chi connectivity index (χ4n) is 4.08. The molecule has 0 unspecified atom stereocenters. The molecule has 1 N–H and O–H groups in total. The van der Waals surface area contributed by atoms with Crippen LogP contribution in [0, 0.1) is 13.8 Å². The second-order valence-corrected chi connectivity index (χ2v) is 8.37.